The average molecular weight is 297 g/mol. The molecular weight excluding hydrogens is 284 g/mol. The number of amidine groups is 1. The van der Waals surface area contributed by atoms with E-state index in [9.17, 15) is 0 Å². The summed E-state index contributed by atoms with van der Waals surface area (Å²) in [6.07, 6.45) is 3.21. The zero-order chi connectivity index (χ0) is 13.8. The van der Waals surface area contributed by atoms with Crippen LogP contribution >= 0.6 is 23.4 Å². The number of hydrogen-bond donors (Lipinski definition) is 2. The molecule has 3 N–H and O–H groups in total. The number of benzene rings is 1. The minimum atomic E-state index is 0.0539. The number of aromatic nitrogens is 2. The zero-order valence-electron chi connectivity index (χ0n) is 10.2. The van der Waals surface area contributed by atoms with E-state index < -0.39 is 0 Å². The van der Waals surface area contributed by atoms with Crippen LogP contribution in [0.5, 0.6) is 0 Å². The van der Waals surface area contributed by atoms with E-state index in [0.717, 1.165) is 16.3 Å². The Morgan fingerprint density at radius 2 is 2.37 bits per heavy atom. The summed E-state index contributed by atoms with van der Waals surface area (Å²) >= 11 is 7.49. The van der Waals surface area contributed by atoms with Crippen molar-refractivity contribution < 1.29 is 5.21 Å². The third kappa shape index (κ3) is 2.85. The van der Waals surface area contributed by atoms with Crippen molar-refractivity contribution in [3.63, 3.8) is 0 Å². The maximum atomic E-state index is 8.96. The molecule has 0 amide bonds. The summed E-state index contributed by atoms with van der Waals surface area (Å²) in [5.74, 6) is 0.938. The fraction of sp³-hybridized carbons (Fsp3) is 0.167. The summed E-state index contributed by atoms with van der Waals surface area (Å²) in [5, 5.41) is 16.7. The fourth-order valence-corrected chi connectivity index (χ4v) is 2.70. The lowest BCUT2D eigenvalue weighted by molar-refractivity contribution is 0.318. The van der Waals surface area contributed by atoms with E-state index in [2.05, 4.69) is 10.3 Å². The van der Waals surface area contributed by atoms with E-state index in [1.807, 2.05) is 25.1 Å². The molecule has 0 aliphatic carbocycles. The molecule has 19 heavy (non-hydrogen) atoms. The summed E-state index contributed by atoms with van der Waals surface area (Å²) in [5.41, 5.74) is 7.16. The highest BCUT2D eigenvalue weighted by Gasteiger charge is 2.15. The van der Waals surface area contributed by atoms with Gasteiger partial charge >= 0.3 is 0 Å². The van der Waals surface area contributed by atoms with Gasteiger partial charge in [-0.3, -0.25) is 0 Å². The second-order valence-corrected chi connectivity index (χ2v) is 5.41. The summed E-state index contributed by atoms with van der Waals surface area (Å²) in [6.45, 7) is 2.04. The molecule has 0 saturated carbocycles. The number of oxime groups is 1. The van der Waals surface area contributed by atoms with Crippen LogP contribution in [0.2, 0.25) is 5.02 Å². The number of hydrogen-bond acceptors (Lipinski definition) is 4. The minimum absolute atomic E-state index is 0.0539. The van der Waals surface area contributed by atoms with Crippen molar-refractivity contribution in [2.75, 3.05) is 5.75 Å². The van der Waals surface area contributed by atoms with Gasteiger partial charge < -0.3 is 10.9 Å². The normalized spacial score (nSPS) is 11.8. The molecule has 1 aromatic carbocycles. The van der Waals surface area contributed by atoms with Crippen LogP contribution in [-0.2, 0) is 0 Å². The number of rotatable bonds is 4. The SMILES string of the molecule is CCSc1cccc(-n2cc(Cl)cn2)c1/C(N)=N/O. The quantitative estimate of drug-likeness (QED) is 0.299. The second kappa shape index (κ2) is 5.99. The second-order valence-electron chi connectivity index (χ2n) is 3.67. The monoisotopic (exact) mass is 296 g/mol. The molecule has 1 aromatic heterocycles. The summed E-state index contributed by atoms with van der Waals surface area (Å²) in [6, 6.07) is 5.67. The van der Waals surface area contributed by atoms with Crippen molar-refractivity contribution >= 4 is 29.2 Å². The fourth-order valence-electron chi connectivity index (χ4n) is 1.73. The highest BCUT2D eigenvalue weighted by Crippen LogP contribution is 2.27. The van der Waals surface area contributed by atoms with Gasteiger partial charge in [0.05, 0.1) is 22.5 Å². The van der Waals surface area contributed by atoms with Crippen LogP contribution in [0.3, 0.4) is 0 Å². The lowest BCUT2D eigenvalue weighted by Gasteiger charge is -2.12. The molecule has 0 radical (unpaired) electrons. The number of thioether (sulfide) groups is 1. The van der Waals surface area contributed by atoms with Gasteiger partial charge in [-0.15, -0.1) is 11.8 Å². The topological polar surface area (TPSA) is 76.4 Å². The highest BCUT2D eigenvalue weighted by atomic mass is 35.5. The molecule has 5 nitrogen and oxygen atoms in total. The van der Waals surface area contributed by atoms with E-state index in [0.29, 0.717) is 10.6 Å². The Kier molecular flexibility index (Phi) is 4.34. The van der Waals surface area contributed by atoms with Gasteiger partial charge in [-0.1, -0.05) is 29.7 Å². The Hall–Kier alpha value is -1.66. The van der Waals surface area contributed by atoms with Crippen molar-refractivity contribution in [3.8, 4) is 5.69 Å². The number of nitrogens with two attached hydrogens (primary N) is 1. The van der Waals surface area contributed by atoms with Crippen LogP contribution in [0.25, 0.3) is 5.69 Å². The molecule has 7 heteroatoms. The number of halogens is 1. The van der Waals surface area contributed by atoms with Crippen LogP contribution in [-0.4, -0.2) is 26.6 Å². The van der Waals surface area contributed by atoms with Crippen molar-refractivity contribution in [1.29, 1.82) is 0 Å². The maximum absolute atomic E-state index is 8.96. The standard InChI is InChI=1S/C12H13ClN4OS/c1-2-19-10-5-3-4-9(11(10)12(14)16-18)17-7-8(13)6-15-17/h3-7,18H,2H2,1H3,(H2,14,16). The van der Waals surface area contributed by atoms with E-state index >= 15 is 0 Å². The molecule has 0 saturated heterocycles. The van der Waals surface area contributed by atoms with Gasteiger partial charge in [-0.25, -0.2) is 4.68 Å². The predicted molar refractivity (Wildman–Crippen MR) is 77.5 cm³/mol. The summed E-state index contributed by atoms with van der Waals surface area (Å²) in [7, 11) is 0. The van der Waals surface area contributed by atoms with Gasteiger partial charge in [0.25, 0.3) is 0 Å². The minimum Gasteiger partial charge on any atom is -0.409 e. The molecule has 0 aliphatic rings. The lowest BCUT2D eigenvalue weighted by Crippen LogP contribution is -2.18. The van der Waals surface area contributed by atoms with Gasteiger partial charge in [-0.2, -0.15) is 5.10 Å². The van der Waals surface area contributed by atoms with Gasteiger partial charge in [0, 0.05) is 11.1 Å². The van der Waals surface area contributed by atoms with E-state index in [1.54, 1.807) is 22.6 Å². The molecule has 0 unspecified atom stereocenters. The smallest absolute Gasteiger partial charge is 0.173 e. The first-order valence-electron chi connectivity index (χ1n) is 5.61. The molecule has 0 spiro atoms. The predicted octanol–water partition coefficient (Wildman–Crippen LogP) is 2.73. The molecule has 0 bridgehead atoms. The molecule has 2 rings (SSSR count). The van der Waals surface area contributed by atoms with Gasteiger partial charge in [0.2, 0.25) is 0 Å². The van der Waals surface area contributed by atoms with E-state index in [4.69, 9.17) is 22.5 Å². The van der Waals surface area contributed by atoms with Crippen molar-refractivity contribution in [3.05, 3.63) is 41.2 Å². The summed E-state index contributed by atoms with van der Waals surface area (Å²) < 4.78 is 1.61. The first kappa shape index (κ1) is 13.8. The van der Waals surface area contributed by atoms with Crippen molar-refractivity contribution in [1.82, 2.24) is 9.78 Å². The van der Waals surface area contributed by atoms with Crippen molar-refractivity contribution in [2.24, 2.45) is 10.9 Å². The van der Waals surface area contributed by atoms with Crippen LogP contribution in [0.1, 0.15) is 12.5 Å². The Labute approximate surface area is 120 Å². The third-order valence-corrected chi connectivity index (χ3v) is 3.60. The van der Waals surface area contributed by atoms with Crippen LogP contribution < -0.4 is 5.73 Å². The van der Waals surface area contributed by atoms with E-state index in [1.165, 1.54) is 6.20 Å². The molecule has 100 valence electrons. The highest BCUT2D eigenvalue weighted by molar-refractivity contribution is 7.99. The zero-order valence-corrected chi connectivity index (χ0v) is 11.8. The molecular formula is C12H13ClN4OS. The Morgan fingerprint density at radius 1 is 1.58 bits per heavy atom. The Balaban J connectivity index is 2.63. The van der Waals surface area contributed by atoms with Gasteiger partial charge in [0.15, 0.2) is 5.84 Å². The number of nitrogens with zero attached hydrogens (tertiary/aromatic N) is 3. The van der Waals surface area contributed by atoms with Gasteiger partial charge in [-0.05, 0) is 17.9 Å². The maximum Gasteiger partial charge on any atom is 0.173 e. The molecule has 0 fully saturated rings. The largest absolute Gasteiger partial charge is 0.409 e. The molecule has 0 aliphatic heterocycles. The first-order valence-corrected chi connectivity index (χ1v) is 6.98. The summed E-state index contributed by atoms with van der Waals surface area (Å²) in [4.78, 5) is 0.932. The molecule has 0 atom stereocenters. The molecule has 2 aromatic rings. The third-order valence-electron chi connectivity index (χ3n) is 2.47. The average Bonchev–Trinajstić information content (AvgIpc) is 2.84. The van der Waals surface area contributed by atoms with Crippen LogP contribution in [0.4, 0.5) is 0 Å². The van der Waals surface area contributed by atoms with Crippen molar-refractivity contribution in [2.45, 2.75) is 11.8 Å². The first-order chi connectivity index (χ1) is 9.17. The van der Waals surface area contributed by atoms with E-state index in [-0.39, 0.29) is 5.84 Å². The van der Waals surface area contributed by atoms with Crippen LogP contribution in [0.15, 0.2) is 40.6 Å². The van der Waals surface area contributed by atoms with Gasteiger partial charge in [0.1, 0.15) is 0 Å². The Morgan fingerprint density at radius 3 is 2.95 bits per heavy atom. The molecule has 1 heterocycles. The Bertz CT molecular complexity index is 612. The van der Waals surface area contributed by atoms with Crippen LogP contribution in [0, 0.1) is 0 Å². The lowest BCUT2D eigenvalue weighted by atomic mass is 10.1.